The van der Waals surface area contributed by atoms with Gasteiger partial charge in [-0.15, -0.1) is 0 Å². The number of anilines is 2. The fraction of sp³-hybridized carbons (Fsp3) is 0.688. The minimum atomic E-state index is 0.748. The van der Waals surface area contributed by atoms with E-state index in [1.807, 2.05) is 12.4 Å². The largest absolute Gasteiger partial charge is 0.384 e. The maximum Gasteiger partial charge on any atom is 0.0574 e. The zero-order valence-electron chi connectivity index (χ0n) is 12.5. The molecule has 1 atom stereocenters. The molecule has 2 saturated heterocycles. The quantitative estimate of drug-likeness (QED) is 0.914. The van der Waals surface area contributed by atoms with Crippen molar-refractivity contribution < 1.29 is 0 Å². The molecule has 1 unspecified atom stereocenters. The molecule has 20 heavy (non-hydrogen) atoms. The summed E-state index contributed by atoms with van der Waals surface area (Å²) in [4.78, 5) is 9.56. The Labute approximate surface area is 122 Å². The maximum absolute atomic E-state index is 4.37. The standard InChI is InChI=1S/C16H26N4/c1-2-18-14-10-16(12-17-11-14)20-9-6-15(13-20)19-7-4-3-5-8-19/h10-12,15,18H,2-9,13H2,1H3. The third kappa shape index (κ3) is 3.06. The fourth-order valence-corrected chi connectivity index (χ4v) is 3.46. The summed E-state index contributed by atoms with van der Waals surface area (Å²) in [6, 6.07) is 2.98. The molecule has 3 rings (SSSR count). The van der Waals surface area contributed by atoms with Crippen molar-refractivity contribution in [1.82, 2.24) is 9.88 Å². The molecule has 0 aliphatic carbocycles. The summed E-state index contributed by atoms with van der Waals surface area (Å²) in [7, 11) is 0. The highest BCUT2D eigenvalue weighted by Crippen LogP contribution is 2.26. The smallest absolute Gasteiger partial charge is 0.0574 e. The summed E-state index contributed by atoms with van der Waals surface area (Å²) in [5.74, 6) is 0. The highest BCUT2D eigenvalue weighted by atomic mass is 15.3. The lowest BCUT2D eigenvalue weighted by Crippen LogP contribution is -2.40. The summed E-state index contributed by atoms with van der Waals surface area (Å²) < 4.78 is 0. The molecule has 2 fully saturated rings. The average molecular weight is 274 g/mol. The van der Waals surface area contributed by atoms with Gasteiger partial charge in [-0.3, -0.25) is 9.88 Å². The number of pyridine rings is 1. The molecular formula is C16H26N4. The number of piperidine rings is 1. The van der Waals surface area contributed by atoms with E-state index in [0.717, 1.165) is 24.8 Å². The van der Waals surface area contributed by atoms with E-state index in [1.165, 1.54) is 51.0 Å². The molecule has 1 aromatic rings. The molecule has 0 spiro atoms. The second-order valence-corrected chi connectivity index (χ2v) is 5.95. The van der Waals surface area contributed by atoms with Crippen LogP contribution in [0.2, 0.25) is 0 Å². The molecule has 1 N–H and O–H groups in total. The highest BCUT2D eigenvalue weighted by Gasteiger charge is 2.28. The van der Waals surface area contributed by atoms with Gasteiger partial charge < -0.3 is 10.2 Å². The van der Waals surface area contributed by atoms with Gasteiger partial charge in [-0.1, -0.05) is 6.42 Å². The van der Waals surface area contributed by atoms with Gasteiger partial charge in [0.05, 0.1) is 23.8 Å². The van der Waals surface area contributed by atoms with Crippen LogP contribution in [0.3, 0.4) is 0 Å². The molecule has 0 aromatic carbocycles. The molecule has 0 radical (unpaired) electrons. The van der Waals surface area contributed by atoms with Crippen LogP contribution in [0.15, 0.2) is 18.5 Å². The first-order chi connectivity index (χ1) is 9.86. The number of hydrogen-bond acceptors (Lipinski definition) is 4. The SMILES string of the molecule is CCNc1cncc(N2CCC(N3CCCCC3)C2)c1. The Bertz CT molecular complexity index is 428. The minimum absolute atomic E-state index is 0.748. The first-order valence-corrected chi connectivity index (χ1v) is 8.04. The molecule has 4 nitrogen and oxygen atoms in total. The van der Waals surface area contributed by atoms with Crippen molar-refractivity contribution in [1.29, 1.82) is 0 Å². The Balaban J connectivity index is 1.62. The van der Waals surface area contributed by atoms with Crippen LogP contribution in [0, 0.1) is 0 Å². The van der Waals surface area contributed by atoms with Gasteiger partial charge in [0.25, 0.3) is 0 Å². The average Bonchev–Trinajstić information content (AvgIpc) is 2.99. The third-order valence-electron chi connectivity index (χ3n) is 4.54. The van der Waals surface area contributed by atoms with Crippen LogP contribution in [-0.2, 0) is 0 Å². The van der Waals surface area contributed by atoms with E-state index in [4.69, 9.17) is 0 Å². The van der Waals surface area contributed by atoms with Crippen molar-refractivity contribution in [3.05, 3.63) is 18.5 Å². The van der Waals surface area contributed by atoms with Crippen LogP contribution in [0.25, 0.3) is 0 Å². The zero-order chi connectivity index (χ0) is 13.8. The summed E-state index contributed by atoms with van der Waals surface area (Å²) in [5.41, 5.74) is 2.40. The maximum atomic E-state index is 4.37. The molecule has 2 aliphatic heterocycles. The monoisotopic (exact) mass is 274 g/mol. The van der Waals surface area contributed by atoms with E-state index in [9.17, 15) is 0 Å². The van der Waals surface area contributed by atoms with Crippen LogP contribution < -0.4 is 10.2 Å². The van der Waals surface area contributed by atoms with Crippen LogP contribution in [0.1, 0.15) is 32.6 Å². The van der Waals surface area contributed by atoms with E-state index in [2.05, 4.69) is 33.1 Å². The minimum Gasteiger partial charge on any atom is -0.384 e. The first-order valence-electron chi connectivity index (χ1n) is 8.04. The van der Waals surface area contributed by atoms with Gasteiger partial charge in [-0.25, -0.2) is 0 Å². The van der Waals surface area contributed by atoms with Crippen LogP contribution >= 0.6 is 0 Å². The lowest BCUT2D eigenvalue weighted by atomic mass is 10.1. The predicted molar refractivity (Wildman–Crippen MR) is 84.4 cm³/mol. The lowest BCUT2D eigenvalue weighted by Gasteiger charge is -2.32. The molecule has 0 saturated carbocycles. The molecule has 3 heterocycles. The van der Waals surface area contributed by atoms with Gasteiger partial charge in [0.2, 0.25) is 0 Å². The molecule has 1 aromatic heterocycles. The van der Waals surface area contributed by atoms with Gasteiger partial charge in [-0.2, -0.15) is 0 Å². The molecular weight excluding hydrogens is 248 g/mol. The summed E-state index contributed by atoms with van der Waals surface area (Å²) in [5, 5.41) is 3.35. The van der Waals surface area contributed by atoms with E-state index in [1.54, 1.807) is 0 Å². The van der Waals surface area contributed by atoms with Crippen LogP contribution in [0.5, 0.6) is 0 Å². The Hall–Kier alpha value is -1.29. The van der Waals surface area contributed by atoms with E-state index >= 15 is 0 Å². The molecule has 110 valence electrons. The Morgan fingerprint density at radius 1 is 1.20 bits per heavy atom. The zero-order valence-corrected chi connectivity index (χ0v) is 12.5. The molecule has 0 amide bonds. The summed E-state index contributed by atoms with van der Waals surface area (Å²) in [6.45, 7) is 7.99. The van der Waals surface area contributed by atoms with Gasteiger partial charge in [-0.05, 0) is 45.3 Å². The van der Waals surface area contributed by atoms with Gasteiger partial charge >= 0.3 is 0 Å². The first kappa shape index (κ1) is 13.7. The number of rotatable bonds is 4. The summed E-state index contributed by atoms with van der Waals surface area (Å²) >= 11 is 0. The lowest BCUT2D eigenvalue weighted by molar-refractivity contribution is 0.175. The Kier molecular flexibility index (Phi) is 4.41. The molecule has 4 heteroatoms. The van der Waals surface area contributed by atoms with Gasteiger partial charge in [0.15, 0.2) is 0 Å². The number of likely N-dealkylation sites (tertiary alicyclic amines) is 1. The van der Waals surface area contributed by atoms with Crippen molar-refractivity contribution >= 4 is 11.4 Å². The second kappa shape index (κ2) is 6.44. The summed E-state index contributed by atoms with van der Waals surface area (Å²) in [6.07, 6.45) is 9.39. The van der Waals surface area contributed by atoms with Gasteiger partial charge in [0.1, 0.15) is 0 Å². The van der Waals surface area contributed by atoms with Crippen molar-refractivity contribution in [3.8, 4) is 0 Å². The fourth-order valence-electron chi connectivity index (χ4n) is 3.46. The third-order valence-corrected chi connectivity index (χ3v) is 4.54. The number of hydrogen-bond donors (Lipinski definition) is 1. The van der Waals surface area contributed by atoms with Crippen LogP contribution in [-0.4, -0.2) is 48.6 Å². The second-order valence-electron chi connectivity index (χ2n) is 5.95. The normalized spacial score (nSPS) is 24.1. The van der Waals surface area contributed by atoms with Crippen molar-refractivity contribution in [2.24, 2.45) is 0 Å². The van der Waals surface area contributed by atoms with Gasteiger partial charge in [0, 0.05) is 25.7 Å². The highest BCUT2D eigenvalue weighted by molar-refractivity contribution is 5.56. The molecule has 0 bridgehead atoms. The molecule has 2 aliphatic rings. The number of nitrogens with one attached hydrogen (secondary N) is 1. The van der Waals surface area contributed by atoms with E-state index in [-0.39, 0.29) is 0 Å². The number of nitrogens with zero attached hydrogens (tertiary/aromatic N) is 3. The van der Waals surface area contributed by atoms with E-state index in [0.29, 0.717) is 0 Å². The van der Waals surface area contributed by atoms with E-state index < -0.39 is 0 Å². The Morgan fingerprint density at radius 3 is 2.85 bits per heavy atom. The van der Waals surface area contributed by atoms with Crippen molar-refractivity contribution in [3.63, 3.8) is 0 Å². The number of aromatic nitrogens is 1. The Morgan fingerprint density at radius 2 is 2.05 bits per heavy atom. The van der Waals surface area contributed by atoms with Crippen molar-refractivity contribution in [2.75, 3.05) is 42.9 Å². The van der Waals surface area contributed by atoms with Crippen LogP contribution in [0.4, 0.5) is 11.4 Å². The topological polar surface area (TPSA) is 31.4 Å². The predicted octanol–water partition coefficient (Wildman–Crippen LogP) is 2.58. The van der Waals surface area contributed by atoms with Crippen molar-refractivity contribution in [2.45, 2.75) is 38.6 Å².